The molecule has 0 atom stereocenters. The SMILES string of the molecule is Cc1ccccc1-c1oc(-c2ccccc2)cc1C#C[Si](C)(C)C. The Morgan fingerprint density at radius 2 is 1.54 bits per heavy atom. The van der Waals surface area contributed by atoms with Crippen LogP contribution in [0.4, 0.5) is 0 Å². The average molecular weight is 331 g/mol. The fourth-order valence-electron chi connectivity index (χ4n) is 2.51. The lowest BCUT2D eigenvalue weighted by Gasteiger charge is -2.05. The van der Waals surface area contributed by atoms with Gasteiger partial charge < -0.3 is 4.42 Å². The molecule has 0 N–H and O–H groups in total. The number of benzene rings is 2. The second-order valence-electron chi connectivity index (χ2n) is 7.03. The summed E-state index contributed by atoms with van der Waals surface area (Å²) in [5.41, 5.74) is 7.82. The molecular weight excluding hydrogens is 308 g/mol. The predicted octanol–water partition coefficient (Wildman–Crippen LogP) is 6.15. The lowest BCUT2D eigenvalue weighted by molar-refractivity contribution is 0.596. The molecule has 0 saturated heterocycles. The quantitative estimate of drug-likeness (QED) is 0.405. The first-order chi connectivity index (χ1) is 11.4. The first-order valence-corrected chi connectivity index (χ1v) is 11.7. The van der Waals surface area contributed by atoms with Crippen LogP contribution in [0.3, 0.4) is 0 Å². The Hall–Kier alpha value is -2.50. The molecule has 0 saturated carbocycles. The van der Waals surface area contributed by atoms with Gasteiger partial charge in [-0.15, -0.1) is 5.54 Å². The topological polar surface area (TPSA) is 13.1 Å². The lowest BCUT2D eigenvalue weighted by Crippen LogP contribution is -2.16. The smallest absolute Gasteiger partial charge is 0.150 e. The van der Waals surface area contributed by atoms with Gasteiger partial charge in [-0.1, -0.05) is 80.2 Å². The summed E-state index contributed by atoms with van der Waals surface area (Å²) in [5.74, 6) is 5.13. The van der Waals surface area contributed by atoms with E-state index in [9.17, 15) is 0 Å². The van der Waals surface area contributed by atoms with E-state index in [4.69, 9.17) is 4.42 Å². The van der Waals surface area contributed by atoms with Crippen LogP contribution in [0.5, 0.6) is 0 Å². The van der Waals surface area contributed by atoms with E-state index in [1.807, 2.05) is 30.3 Å². The summed E-state index contributed by atoms with van der Waals surface area (Å²) >= 11 is 0. The third-order valence-electron chi connectivity index (χ3n) is 3.75. The lowest BCUT2D eigenvalue weighted by atomic mass is 10.0. The van der Waals surface area contributed by atoms with Crippen LogP contribution in [0.1, 0.15) is 11.1 Å². The largest absolute Gasteiger partial charge is 0.455 e. The van der Waals surface area contributed by atoms with Gasteiger partial charge in [0.15, 0.2) is 5.76 Å². The van der Waals surface area contributed by atoms with Gasteiger partial charge in [0.1, 0.15) is 13.8 Å². The summed E-state index contributed by atoms with van der Waals surface area (Å²) < 4.78 is 6.25. The second kappa shape index (κ2) is 6.55. The fourth-order valence-corrected chi connectivity index (χ4v) is 3.02. The van der Waals surface area contributed by atoms with E-state index in [1.165, 1.54) is 5.56 Å². The summed E-state index contributed by atoms with van der Waals surface area (Å²) in [4.78, 5) is 0. The van der Waals surface area contributed by atoms with E-state index in [-0.39, 0.29) is 0 Å². The highest BCUT2D eigenvalue weighted by atomic mass is 28.3. The zero-order valence-electron chi connectivity index (χ0n) is 14.7. The van der Waals surface area contributed by atoms with Crippen molar-refractivity contribution in [3.63, 3.8) is 0 Å². The van der Waals surface area contributed by atoms with Crippen LogP contribution in [-0.2, 0) is 0 Å². The molecule has 1 aromatic heterocycles. The molecule has 0 amide bonds. The minimum atomic E-state index is -1.45. The molecule has 0 aliphatic heterocycles. The minimum Gasteiger partial charge on any atom is -0.455 e. The van der Waals surface area contributed by atoms with E-state index < -0.39 is 8.07 Å². The summed E-state index contributed by atoms with van der Waals surface area (Å²) in [5, 5.41) is 0. The molecular formula is C22H22OSi. The minimum absolute atomic E-state index is 0.869. The van der Waals surface area contributed by atoms with Gasteiger partial charge in [0.2, 0.25) is 0 Å². The Morgan fingerprint density at radius 3 is 2.21 bits per heavy atom. The standard InChI is InChI=1S/C22H22OSi/c1-17-10-8-9-13-20(17)22-19(14-15-24(2,3)4)16-21(23-22)18-11-6-5-7-12-18/h5-13,16H,1-4H3. The molecule has 0 aliphatic rings. The van der Waals surface area contributed by atoms with E-state index in [1.54, 1.807) is 0 Å². The Kier molecular flexibility index (Phi) is 4.46. The highest BCUT2D eigenvalue weighted by molar-refractivity contribution is 6.83. The molecule has 0 fully saturated rings. The molecule has 3 rings (SSSR count). The van der Waals surface area contributed by atoms with E-state index in [2.05, 4.69) is 68.4 Å². The van der Waals surface area contributed by atoms with Crippen LogP contribution < -0.4 is 0 Å². The maximum Gasteiger partial charge on any atom is 0.150 e. The monoisotopic (exact) mass is 330 g/mol. The zero-order valence-corrected chi connectivity index (χ0v) is 15.7. The summed E-state index contributed by atoms with van der Waals surface area (Å²) in [7, 11) is -1.45. The van der Waals surface area contributed by atoms with Crippen molar-refractivity contribution in [3.05, 3.63) is 71.8 Å². The van der Waals surface area contributed by atoms with E-state index in [0.717, 1.165) is 28.2 Å². The first-order valence-electron chi connectivity index (χ1n) is 8.22. The van der Waals surface area contributed by atoms with Crippen molar-refractivity contribution in [1.29, 1.82) is 0 Å². The summed E-state index contributed by atoms with van der Waals surface area (Å²) in [6.45, 7) is 8.87. The normalized spacial score (nSPS) is 11.0. The fraction of sp³-hybridized carbons (Fsp3) is 0.182. The van der Waals surface area contributed by atoms with Crippen molar-refractivity contribution in [2.24, 2.45) is 0 Å². The van der Waals surface area contributed by atoms with Crippen LogP contribution in [-0.4, -0.2) is 8.07 Å². The molecule has 3 aromatic rings. The molecule has 0 spiro atoms. The number of furan rings is 1. The average Bonchev–Trinajstić information content (AvgIpc) is 2.98. The molecule has 24 heavy (non-hydrogen) atoms. The van der Waals surface area contributed by atoms with Gasteiger partial charge in [0.05, 0.1) is 5.56 Å². The van der Waals surface area contributed by atoms with Crippen molar-refractivity contribution < 1.29 is 4.42 Å². The molecule has 0 unspecified atom stereocenters. The van der Waals surface area contributed by atoms with Gasteiger partial charge in [-0.3, -0.25) is 0 Å². The summed E-state index contributed by atoms with van der Waals surface area (Å²) in [6, 6.07) is 20.6. The van der Waals surface area contributed by atoms with Crippen LogP contribution in [0.2, 0.25) is 19.6 Å². The van der Waals surface area contributed by atoms with Gasteiger partial charge in [-0.2, -0.15) is 0 Å². The molecule has 120 valence electrons. The Bertz CT molecular complexity index is 902. The van der Waals surface area contributed by atoms with Gasteiger partial charge in [0.25, 0.3) is 0 Å². The zero-order chi connectivity index (χ0) is 17.2. The van der Waals surface area contributed by atoms with E-state index in [0.29, 0.717) is 0 Å². The molecule has 1 heterocycles. The molecule has 1 nitrogen and oxygen atoms in total. The van der Waals surface area contributed by atoms with Crippen LogP contribution in [0, 0.1) is 18.4 Å². The van der Waals surface area contributed by atoms with Crippen molar-refractivity contribution in [2.45, 2.75) is 26.6 Å². The molecule has 0 radical (unpaired) electrons. The van der Waals surface area contributed by atoms with Crippen LogP contribution in [0.15, 0.2) is 65.1 Å². The second-order valence-corrected chi connectivity index (χ2v) is 11.8. The van der Waals surface area contributed by atoms with Crippen LogP contribution >= 0.6 is 0 Å². The van der Waals surface area contributed by atoms with Crippen molar-refractivity contribution in [3.8, 4) is 34.1 Å². The van der Waals surface area contributed by atoms with Crippen molar-refractivity contribution in [2.75, 3.05) is 0 Å². The van der Waals surface area contributed by atoms with Gasteiger partial charge in [-0.05, 0) is 12.5 Å². The number of aryl methyl sites for hydroxylation is 1. The van der Waals surface area contributed by atoms with Gasteiger partial charge in [0, 0.05) is 17.2 Å². The molecule has 0 aliphatic carbocycles. The molecule has 2 aromatic carbocycles. The summed E-state index contributed by atoms with van der Waals surface area (Å²) in [6.07, 6.45) is 0. The predicted molar refractivity (Wildman–Crippen MR) is 105 cm³/mol. The maximum absolute atomic E-state index is 6.25. The van der Waals surface area contributed by atoms with Crippen molar-refractivity contribution in [1.82, 2.24) is 0 Å². The van der Waals surface area contributed by atoms with Gasteiger partial charge >= 0.3 is 0 Å². The Labute approximate surface area is 145 Å². The van der Waals surface area contributed by atoms with Crippen molar-refractivity contribution >= 4 is 8.07 Å². The highest BCUT2D eigenvalue weighted by Crippen LogP contribution is 2.33. The third-order valence-corrected chi connectivity index (χ3v) is 4.63. The van der Waals surface area contributed by atoms with E-state index >= 15 is 0 Å². The highest BCUT2D eigenvalue weighted by Gasteiger charge is 2.15. The Morgan fingerprint density at radius 1 is 0.875 bits per heavy atom. The molecule has 0 bridgehead atoms. The number of hydrogen-bond acceptors (Lipinski definition) is 1. The van der Waals surface area contributed by atoms with Crippen LogP contribution in [0.25, 0.3) is 22.6 Å². The first kappa shape index (κ1) is 16.4. The number of rotatable bonds is 2. The third kappa shape index (κ3) is 3.69. The number of hydrogen-bond donors (Lipinski definition) is 0. The maximum atomic E-state index is 6.25. The Balaban J connectivity index is 2.17. The molecule has 2 heteroatoms. The van der Waals surface area contributed by atoms with Gasteiger partial charge in [-0.25, -0.2) is 0 Å².